The predicted molar refractivity (Wildman–Crippen MR) is 77.1 cm³/mol. The third-order valence-electron chi connectivity index (χ3n) is 3.64. The molecule has 8 heteroatoms. The maximum absolute atomic E-state index is 13.3. The highest BCUT2D eigenvalue weighted by Gasteiger charge is 2.63. The van der Waals surface area contributed by atoms with E-state index < -0.39 is 24.2 Å². The number of hydrazone groups is 1. The molecule has 0 aliphatic carbocycles. The number of carbonyl (C=O) groups is 1. The van der Waals surface area contributed by atoms with Gasteiger partial charge in [-0.1, -0.05) is 19.9 Å². The van der Waals surface area contributed by atoms with Crippen molar-refractivity contribution in [3.8, 4) is 5.75 Å². The summed E-state index contributed by atoms with van der Waals surface area (Å²) in [5.41, 5.74) is -3.28. The van der Waals surface area contributed by atoms with Crippen molar-refractivity contribution in [3.05, 3.63) is 29.8 Å². The Morgan fingerprint density at radius 3 is 2.61 bits per heavy atom. The maximum Gasteiger partial charge on any atom is 0.438 e. The Morgan fingerprint density at radius 2 is 2.09 bits per heavy atom. The average molecular weight is 330 g/mol. The fraction of sp³-hybridized carbons (Fsp3) is 0.467. The van der Waals surface area contributed by atoms with E-state index in [1.165, 1.54) is 25.3 Å². The summed E-state index contributed by atoms with van der Waals surface area (Å²) in [4.78, 5) is 12.4. The topological polar surface area (TPSA) is 62.1 Å². The van der Waals surface area contributed by atoms with Gasteiger partial charge in [-0.25, -0.2) is 0 Å². The summed E-state index contributed by atoms with van der Waals surface area (Å²) in [6, 6.07) is 5.66. The zero-order chi connectivity index (χ0) is 17.4. The van der Waals surface area contributed by atoms with Gasteiger partial charge in [-0.15, -0.1) is 0 Å². The van der Waals surface area contributed by atoms with Gasteiger partial charge in [0.05, 0.1) is 7.11 Å². The molecule has 0 saturated carbocycles. The molecule has 126 valence electrons. The summed E-state index contributed by atoms with van der Waals surface area (Å²) in [5, 5.41) is 14.0. The van der Waals surface area contributed by atoms with Crippen LogP contribution in [0.3, 0.4) is 0 Å². The van der Waals surface area contributed by atoms with Crippen molar-refractivity contribution in [1.29, 1.82) is 0 Å². The van der Waals surface area contributed by atoms with Crippen molar-refractivity contribution in [1.82, 2.24) is 5.01 Å². The lowest BCUT2D eigenvalue weighted by Gasteiger charge is -2.32. The van der Waals surface area contributed by atoms with Gasteiger partial charge < -0.3 is 9.84 Å². The van der Waals surface area contributed by atoms with Gasteiger partial charge in [0.1, 0.15) is 5.75 Å². The molecule has 1 aliphatic rings. The van der Waals surface area contributed by atoms with Gasteiger partial charge in [-0.2, -0.15) is 23.3 Å². The van der Waals surface area contributed by atoms with Crippen molar-refractivity contribution in [2.45, 2.75) is 32.2 Å². The van der Waals surface area contributed by atoms with Gasteiger partial charge in [0, 0.05) is 17.7 Å². The molecule has 0 aromatic heterocycles. The van der Waals surface area contributed by atoms with Crippen molar-refractivity contribution < 1.29 is 27.8 Å². The number of aliphatic hydroxyl groups is 1. The largest absolute Gasteiger partial charge is 0.497 e. The first kappa shape index (κ1) is 17.3. The molecule has 0 bridgehead atoms. The summed E-state index contributed by atoms with van der Waals surface area (Å²) in [6.07, 6.45) is -5.79. The Bertz CT molecular complexity index is 643. The molecule has 1 atom stereocenters. The number of rotatable bonds is 3. The standard InChI is InChI=1S/C15H17F3N2O3/c1-9(2)12-8-14(22,15(16,17)18)20(19-12)13(21)10-5-4-6-11(7-10)23-3/h4-7,9,22H,8H2,1-3H3. The summed E-state index contributed by atoms with van der Waals surface area (Å²) >= 11 is 0. The summed E-state index contributed by atoms with van der Waals surface area (Å²) in [7, 11) is 1.38. The van der Waals surface area contributed by atoms with Crippen LogP contribution in [0.1, 0.15) is 30.6 Å². The Labute approximate surface area is 131 Å². The summed E-state index contributed by atoms with van der Waals surface area (Å²) in [6.45, 7) is 3.30. The van der Waals surface area contributed by atoms with Crippen LogP contribution in [0.4, 0.5) is 13.2 Å². The first-order chi connectivity index (χ1) is 10.6. The van der Waals surface area contributed by atoms with E-state index in [2.05, 4.69) is 5.10 Å². The van der Waals surface area contributed by atoms with E-state index in [0.717, 1.165) is 0 Å². The number of benzene rings is 1. The number of nitrogens with zero attached hydrogens (tertiary/aromatic N) is 2. The molecule has 1 amide bonds. The van der Waals surface area contributed by atoms with Crippen LogP contribution in [-0.2, 0) is 0 Å². The molecule has 0 saturated heterocycles. The second kappa shape index (κ2) is 5.84. The molecule has 0 radical (unpaired) electrons. The minimum atomic E-state index is -5.03. The maximum atomic E-state index is 13.3. The normalized spacial score (nSPS) is 21.6. The Balaban J connectivity index is 2.45. The van der Waals surface area contributed by atoms with Gasteiger partial charge in [-0.3, -0.25) is 4.79 Å². The van der Waals surface area contributed by atoms with Crippen LogP contribution in [-0.4, -0.2) is 40.7 Å². The lowest BCUT2D eigenvalue weighted by atomic mass is 9.98. The van der Waals surface area contributed by atoms with Gasteiger partial charge in [-0.05, 0) is 24.1 Å². The van der Waals surface area contributed by atoms with Crippen LogP contribution in [0.5, 0.6) is 5.75 Å². The van der Waals surface area contributed by atoms with E-state index >= 15 is 0 Å². The number of carbonyl (C=O) groups excluding carboxylic acids is 1. The molecule has 1 heterocycles. The molecule has 1 aliphatic heterocycles. The van der Waals surface area contributed by atoms with Gasteiger partial charge in [0.2, 0.25) is 0 Å². The van der Waals surface area contributed by atoms with Gasteiger partial charge >= 0.3 is 6.18 Å². The molecule has 1 N–H and O–H groups in total. The molecule has 2 rings (SSSR count). The highest BCUT2D eigenvalue weighted by atomic mass is 19.4. The monoisotopic (exact) mass is 330 g/mol. The lowest BCUT2D eigenvalue weighted by molar-refractivity contribution is -0.297. The fourth-order valence-electron chi connectivity index (χ4n) is 2.21. The quantitative estimate of drug-likeness (QED) is 0.927. The molecule has 0 spiro atoms. The minimum absolute atomic E-state index is 0.0548. The molecule has 5 nitrogen and oxygen atoms in total. The lowest BCUT2D eigenvalue weighted by Crippen LogP contribution is -2.56. The van der Waals surface area contributed by atoms with Crippen LogP contribution >= 0.6 is 0 Å². The van der Waals surface area contributed by atoms with Crippen LogP contribution < -0.4 is 4.74 Å². The van der Waals surface area contributed by atoms with E-state index in [4.69, 9.17) is 4.74 Å². The Morgan fingerprint density at radius 1 is 1.43 bits per heavy atom. The third kappa shape index (κ3) is 3.03. The number of halogens is 3. The van der Waals surface area contributed by atoms with E-state index in [1.54, 1.807) is 19.9 Å². The molecule has 23 heavy (non-hydrogen) atoms. The number of hydrogen-bond donors (Lipinski definition) is 1. The summed E-state index contributed by atoms with van der Waals surface area (Å²) in [5.74, 6) is -1.05. The van der Waals surface area contributed by atoms with E-state index in [-0.39, 0.29) is 22.2 Å². The fourth-order valence-corrected chi connectivity index (χ4v) is 2.21. The first-order valence-electron chi connectivity index (χ1n) is 6.95. The number of hydrogen-bond acceptors (Lipinski definition) is 4. The second-order valence-corrected chi connectivity index (χ2v) is 5.59. The smallest absolute Gasteiger partial charge is 0.438 e. The van der Waals surface area contributed by atoms with Gasteiger partial charge in [0.25, 0.3) is 11.6 Å². The Kier molecular flexibility index (Phi) is 4.39. The van der Waals surface area contributed by atoms with E-state index in [9.17, 15) is 23.1 Å². The van der Waals surface area contributed by atoms with Crippen LogP contribution in [0.15, 0.2) is 29.4 Å². The average Bonchev–Trinajstić information content (AvgIpc) is 2.86. The zero-order valence-corrected chi connectivity index (χ0v) is 12.9. The van der Waals surface area contributed by atoms with Gasteiger partial charge in [0.15, 0.2) is 0 Å². The molecule has 1 unspecified atom stereocenters. The van der Waals surface area contributed by atoms with Crippen LogP contribution in [0, 0.1) is 5.92 Å². The first-order valence-corrected chi connectivity index (χ1v) is 6.95. The number of alkyl halides is 3. The number of ether oxygens (including phenoxy) is 1. The highest BCUT2D eigenvalue weighted by Crippen LogP contribution is 2.42. The Hall–Kier alpha value is -2.09. The molecular weight excluding hydrogens is 313 g/mol. The van der Waals surface area contributed by atoms with E-state index in [0.29, 0.717) is 5.75 Å². The van der Waals surface area contributed by atoms with Crippen molar-refractivity contribution >= 4 is 11.6 Å². The molecule has 0 fully saturated rings. The summed E-state index contributed by atoms with van der Waals surface area (Å²) < 4.78 is 44.9. The second-order valence-electron chi connectivity index (χ2n) is 5.59. The van der Waals surface area contributed by atoms with Crippen LogP contribution in [0.25, 0.3) is 0 Å². The minimum Gasteiger partial charge on any atom is -0.497 e. The SMILES string of the molecule is COc1cccc(C(=O)N2N=C(C(C)C)CC2(O)C(F)(F)F)c1. The molecule has 1 aromatic rings. The van der Waals surface area contributed by atoms with E-state index in [1.807, 2.05) is 0 Å². The van der Waals surface area contributed by atoms with Crippen molar-refractivity contribution in [2.75, 3.05) is 7.11 Å². The third-order valence-corrected chi connectivity index (χ3v) is 3.64. The number of amides is 1. The predicted octanol–water partition coefficient (Wildman–Crippen LogP) is 2.80. The number of methoxy groups -OCH3 is 1. The molecular formula is C15H17F3N2O3. The van der Waals surface area contributed by atoms with Crippen LogP contribution in [0.2, 0.25) is 0 Å². The highest BCUT2D eigenvalue weighted by molar-refractivity contribution is 5.99. The van der Waals surface area contributed by atoms with Crippen molar-refractivity contribution in [2.24, 2.45) is 11.0 Å². The van der Waals surface area contributed by atoms with Crippen molar-refractivity contribution in [3.63, 3.8) is 0 Å². The zero-order valence-electron chi connectivity index (χ0n) is 12.9. The molecule has 1 aromatic carbocycles.